The lowest BCUT2D eigenvalue weighted by Crippen LogP contribution is -2.17. The molecule has 1 heterocycles. The van der Waals surface area contributed by atoms with E-state index in [0.717, 1.165) is 0 Å². The molecule has 108 valence electrons. The van der Waals surface area contributed by atoms with Gasteiger partial charge in [0.05, 0.1) is 5.56 Å². The predicted octanol–water partition coefficient (Wildman–Crippen LogP) is 2.96. The number of benzene rings is 2. The van der Waals surface area contributed by atoms with Crippen molar-refractivity contribution in [2.24, 2.45) is 0 Å². The zero-order valence-electron chi connectivity index (χ0n) is 11.9. The van der Waals surface area contributed by atoms with Crippen LogP contribution in [0.4, 0.5) is 0 Å². The first-order valence-corrected chi connectivity index (χ1v) is 6.84. The number of ketones is 2. The maximum atomic E-state index is 12.6. The van der Waals surface area contributed by atoms with Crippen LogP contribution < -0.4 is 5.43 Å². The minimum absolute atomic E-state index is 0.0689. The predicted molar refractivity (Wildman–Crippen MR) is 84.4 cm³/mol. The van der Waals surface area contributed by atoms with E-state index in [1.807, 2.05) is 0 Å². The summed E-state index contributed by atoms with van der Waals surface area (Å²) in [5.41, 5.74) is 1.20. The van der Waals surface area contributed by atoms with Gasteiger partial charge in [-0.2, -0.15) is 0 Å². The first-order chi connectivity index (χ1) is 10.6. The number of H-pyrrole nitrogens is 1. The summed E-state index contributed by atoms with van der Waals surface area (Å²) in [7, 11) is 0. The zero-order valence-corrected chi connectivity index (χ0v) is 11.9. The number of Topliss-reactive ketones (excluding diaryl/α,β-unsaturated/α-hetero) is 1. The van der Waals surface area contributed by atoms with Gasteiger partial charge in [0.2, 0.25) is 5.43 Å². The van der Waals surface area contributed by atoms with Crippen molar-refractivity contribution < 1.29 is 9.59 Å². The Kier molecular flexibility index (Phi) is 3.43. The number of rotatable bonds is 3. The first-order valence-electron chi connectivity index (χ1n) is 6.84. The molecule has 2 aromatic carbocycles. The van der Waals surface area contributed by atoms with Crippen molar-refractivity contribution in [1.82, 2.24) is 4.98 Å². The van der Waals surface area contributed by atoms with Crippen LogP contribution in [0.2, 0.25) is 0 Å². The van der Waals surface area contributed by atoms with Gasteiger partial charge in [-0.3, -0.25) is 14.4 Å². The van der Waals surface area contributed by atoms with Crippen molar-refractivity contribution in [3.05, 3.63) is 81.6 Å². The van der Waals surface area contributed by atoms with E-state index in [4.69, 9.17) is 0 Å². The van der Waals surface area contributed by atoms with E-state index < -0.39 is 0 Å². The molecule has 0 unspecified atom stereocenters. The van der Waals surface area contributed by atoms with E-state index in [0.29, 0.717) is 22.0 Å². The maximum Gasteiger partial charge on any atom is 0.200 e. The van der Waals surface area contributed by atoms with E-state index in [1.165, 1.54) is 19.2 Å². The Bertz CT molecular complexity index is 939. The van der Waals surface area contributed by atoms with E-state index >= 15 is 0 Å². The van der Waals surface area contributed by atoms with Crippen molar-refractivity contribution in [2.45, 2.75) is 6.92 Å². The van der Waals surface area contributed by atoms with Crippen molar-refractivity contribution >= 4 is 22.5 Å². The summed E-state index contributed by atoms with van der Waals surface area (Å²) in [5.74, 6) is -0.460. The Labute approximate surface area is 126 Å². The van der Waals surface area contributed by atoms with Gasteiger partial charge in [0, 0.05) is 28.2 Å². The van der Waals surface area contributed by atoms with Crippen LogP contribution in [-0.4, -0.2) is 16.6 Å². The molecule has 0 spiro atoms. The zero-order chi connectivity index (χ0) is 15.7. The molecule has 3 rings (SSSR count). The van der Waals surface area contributed by atoms with Crippen LogP contribution in [0, 0.1) is 0 Å². The van der Waals surface area contributed by atoms with Crippen molar-refractivity contribution in [3.8, 4) is 0 Å². The fourth-order valence-electron chi connectivity index (χ4n) is 2.35. The lowest BCUT2D eigenvalue weighted by Gasteiger charge is -2.04. The monoisotopic (exact) mass is 291 g/mol. The summed E-state index contributed by atoms with van der Waals surface area (Å²) in [6, 6.07) is 13.5. The third kappa shape index (κ3) is 2.35. The minimum atomic E-state index is -0.370. The Morgan fingerprint density at radius 2 is 1.68 bits per heavy atom. The number of carbonyl (C=O) groups is 2. The molecule has 0 atom stereocenters. The average Bonchev–Trinajstić information content (AvgIpc) is 2.55. The first kappa shape index (κ1) is 13.9. The van der Waals surface area contributed by atoms with Crippen LogP contribution >= 0.6 is 0 Å². The van der Waals surface area contributed by atoms with E-state index in [2.05, 4.69) is 4.98 Å². The van der Waals surface area contributed by atoms with Gasteiger partial charge in [-0.05, 0) is 25.1 Å². The second-order valence-electron chi connectivity index (χ2n) is 5.04. The van der Waals surface area contributed by atoms with Crippen LogP contribution in [-0.2, 0) is 0 Å². The Morgan fingerprint density at radius 1 is 0.955 bits per heavy atom. The van der Waals surface area contributed by atoms with Crippen LogP contribution in [0.5, 0.6) is 0 Å². The molecule has 4 heteroatoms. The molecule has 0 amide bonds. The maximum absolute atomic E-state index is 12.6. The number of hydrogen-bond acceptors (Lipinski definition) is 3. The van der Waals surface area contributed by atoms with Crippen LogP contribution in [0.15, 0.2) is 59.5 Å². The van der Waals surface area contributed by atoms with Crippen molar-refractivity contribution in [1.29, 1.82) is 0 Å². The summed E-state index contributed by atoms with van der Waals surface area (Å²) < 4.78 is 0. The fourth-order valence-corrected chi connectivity index (χ4v) is 2.35. The van der Waals surface area contributed by atoms with Gasteiger partial charge in [0.1, 0.15) is 0 Å². The summed E-state index contributed by atoms with van der Waals surface area (Å²) in [6.07, 6.45) is 1.42. The van der Waals surface area contributed by atoms with Gasteiger partial charge in [-0.25, -0.2) is 0 Å². The number of carbonyl (C=O) groups excluding carboxylic acids is 2. The van der Waals surface area contributed by atoms with Gasteiger partial charge < -0.3 is 4.98 Å². The van der Waals surface area contributed by atoms with Gasteiger partial charge in [-0.15, -0.1) is 0 Å². The molecule has 0 aliphatic carbocycles. The fraction of sp³-hybridized carbons (Fsp3) is 0.0556. The van der Waals surface area contributed by atoms with Crippen molar-refractivity contribution in [3.63, 3.8) is 0 Å². The molecule has 4 nitrogen and oxygen atoms in total. The quantitative estimate of drug-likeness (QED) is 0.754. The molecule has 0 aliphatic heterocycles. The molecule has 22 heavy (non-hydrogen) atoms. The lowest BCUT2D eigenvalue weighted by atomic mass is 10.0. The third-order valence-corrected chi connectivity index (χ3v) is 3.57. The summed E-state index contributed by atoms with van der Waals surface area (Å²) in [6.45, 7) is 1.44. The number of pyridine rings is 1. The number of aromatic amines is 1. The normalized spacial score (nSPS) is 10.6. The van der Waals surface area contributed by atoms with Gasteiger partial charge >= 0.3 is 0 Å². The second-order valence-corrected chi connectivity index (χ2v) is 5.04. The molecule has 1 aromatic heterocycles. The summed E-state index contributed by atoms with van der Waals surface area (Å²) in [5, 5.41) is 0.342. The molecule has 0 bridgehead atoms. The van der Waals surface area contributed by atoms with E-state index in [-0.39, 0.29) is 22.6 Å². The van der Waals surface area contributed by atoms with Crippen molar-refractivity contribution in [2.75, 3.05) is 0 Å². The Balaban J connectivity index is 2.20. The van der Waals surface area contributed by atoms with E-state index in [9.17, 15) is 14.4 Å². The molecule has 0 radical (unpaired) electrons. The number of hydrogen-bond donors (Lipinski definition) is 1. The largest absolute Gasteiger partial charge is 0.360 e. The molecular weight excluding hydrogens is 278 g/mol. The average molecular weight is 291 g/mol. The lowest BCUT2D eigenvalue weighted by molar-refractivity contribution is 0.101. The highest BCUT2D eigenvalue weighted by atomic mass is 16.1. The molecule has 0 saturated heterocycles. The highest BCUT2D eigenvalue weighted by molar-refractivity contribution is 6.10. The van der Waals surface area contributed by atoms with Crippen LogP contribution in [0.3, 0.4) is 0 Å². The summed E-state index contributed by atoms with van der Waals surface area (Å²) >= 11 is 0. The smallest absolute Gasteiger partial charge is 0.200 e. The topological polar surface area (TPSA) is 67.0 Å². The molecule has 3 aromatic rings. The standard InChI is InChI=1S/C18H13NO3/c1-11(20)13-7-8-16-14(9-13)18(22)15(10-19-16)17(21)12-5-3-2-4-6-12/h2-10H,1H3,(H,19,22). The Hall–Kier alpha value is -3.01. The number of aromatic nitrogens is 1. The molecule has 1 N–H and O–H groups in total. The molecular formula is C18H13NO3. The number of nitrogens with one attached hydrogen (secondary N) is 1. The highest BCUT2D eigenvalue weighted by Gasteiger charge is 2.15. The Morgan fingerprint density at radius 3 is 2.36 bits per heavy atom. The van der Waals surface area contributed by atoms with E-state index in [1.54, 1.807) is 42.5 Å². The van der Waals surface area contributed by atoms with Crippen LogP contribution in [0.25, 0.3) is 10.9 Å². The molecule has 0 aliphatic rings. The second kappa shape index (κ2) is 5.41. The molecule has 0 fully saturated rings. The van der Waals surface area contributed by atoms with Gasteiger partial charge in [0.15, 0.2) is 11.6 Å². The molecule has 0 saturated carbocycles. The number of fused-ring (bicyclic) bond motifs is 1. The van der Waals surface area contributed by atoms with Gasteiger partial charge in [-0.1, -0.05) is 30.3 Å². The minimum Gasteiger partial charge on any atom is -0.360 e. The third-order valence-electron chi connectivity index (χ3n) is 3.57. The summed E-state index contributed by atoms with van der Waals surface area (Å²) in [4.78, 5) is 39.4. The van der Waals surface area contributed by atoms with Gasteiger partial charge in [0.25, 0.3) is 0 Å². The van der Waals surface area contributed by atoms with Crippen LogP contribution in [0.1, 0.15) is 33.2 Å². The highest BCUT2D eigenvalue weighted by Crippen LogP contribution is 2.13. The SMILES string of the molecule is CC(=O)c1ccc2[nH]cc(C(=O)c3ccccc3)c(=O)c2c1.